The Morgan fingerprint density at radius 3 is 2.12 bits per heavy atom. The van der Waals surface area contributed by atoms with Crippen LogP contribution in [0.3, 0.4) is 0 Å². The number of furan rings is 1. The van der Waals surface area contributed by atoms with Gasteiger partial charge in [-0.25, -0.2) is 4.98 Å². The van der Waals surface area contributed by atoms with Crippen LogP contribution in [0.25, 0.3) is 55.8 Å². The molecule has 0 unspecified atom stereocenters. The summed E-state index contributed by atoms with van der Waals surface area (Å²) in [4.78, 5) is 13.7. The van der Waals surface area contributed by atoms with E-state index in [1.54, 1.807) is 6.20 Å². The van der Waals surface area contributed by atoms with Gasteiger partial charge in [0.05, 0.1) is 11.3 Å². The van der Waals surface area contributed by atoms with E-state index in [9.17, 15) is 0 Å². The Morgan fingerprint density at radius 1 is 0.610 bits per heavy atom. The molecule has 0 atom stereocenters. The van der Waals surface area contributed by atoms with Gasteiger partial charge in [-0.1, -0.05) is 53.4 Å². The molecule has 4 aromatic heterocycles. The van der Waals surface area contributed by atoms with Crippen molar-refractivity contribution in [3.8, 4) is 33.8 Å². The van der Waals surface area contributed by atoms with Crippen molar-refractivity contribution in [3.05, 3.63) is 138 Å². The fourth-order valence-electron chi connectivity index (χ4n) is 4.93. The van der Waals surface area contributed by atoms with Gasteiger partial charge in [0.1, 0.15) is 0 Å². The average Bonchev–Trinajstić information content (AvgIpc) is 3.36. The molecule has 7 rings (SSSR count). The quantitative estimate of drug-likeness (QED) is 0.172. The molecule has 0 amide bonds. The number of hydrogen-bond donors (Lipinski definition) is 0. The normalized spacial score (nSPS) is 10.6. The van der Waals surface area contributed by atoms with Gasteiger partial charge in [-0.15, -0.1) is 54.1 Å². The third kappa shape index (κ3) is 5.88. The summed E-state index contributed by atoms with van der Waals surface area (Å²) in [6.45, 7) is 6.22. The predicted molar refractivity (Wildman–Crippen MR) is 162 cm³/mol. The molecule has 203 valence electrons. The average molecular weight is 710 g/mol. The van der Waals surface area contributed by atoms with E-state index in [-0.39, 0.29) is 20.1 Å². The molecule has 0 aliphatic carbocycles. The van der Waals surface area contributed by atoms with Crippen LogP contribution in [0, 0.1) is 32.9 Å². The van der Waals surface area contributed by atoms with Crippen molar-refractivity contribution in [2.45, 2.75) is 20.8 Å². The van der Waals surface area contributed by atoms with Crippen LogP contribution >= 0.6 is 0 Å². The topological polar surface area (TPSA) is 51.8 Å². The monoisotopic (exact) mass is 710 g/mol. The maximum absolute atomic E-state index is 6.24. The molecule has 0 aliphatic rings. The van der Waals surface area contributed by atoms with E-state index in [2.05, 4.69) is 66.3 Å². The predicted octanol–water partition coefficient (Wildman–Crippen LogP) is 8.98. The number of fused-ring (bicyclic) bond motifs is 3. The van der Waals surface area contributed by atoms with Gasteiger partial charge in [0.25, 0.3) is 0 Å². The van der Waals surface area contributed by atoms with Gasteiger partial charge in [0.15, 0.2) is 0 Å². The third-order valence-corrected chi connectivity index (χ3v) is 6.83. The van der Waals surface area contributed by atoms with Gasteiger partial charge < -0.3 is 14.4 Å². The second kappa shape index (κ2) is 12.4. The molecule has 41 heavy (non-hydrogen) atoms. The Balaban J connectivity index is 0.000000218. The molecule has 0 saturated heterocycles. The van der Waals surface area contributed by atoms with Crippen LogP contribution < -0.4 is 0 Å². The van der Waals surface area contributed by atoms with Crippen LogP contribution in [-0.2, 0) is 20.1 Å². The smallest absolute Gasteiger partial charge is 0.216 e. The van der Waals surface area contributed by atoms with Crippen molar-refractivity contribution in [1.82, 2.24) is 15.0 Å². The first kappa shape index (κ1) is 28.1. The molecule has 0 bridgehead atoms. The Morgan fingerprint density at radius 2 is 1.39 bits per heavy atom. The molecule has 1 radical (unpaired) electrons. The van der Waals surface area contributed by atoms with Gasteiger partial charge >= 0.3 is 0 Å². The fourth-order valence-corrected chi connectivity index (χ4v) is 4.93. The van der Waals surface area contributed by atoms with Gasteiger partial charge in [-0.3, -0.25) is 0 Å². The van der Waals surface area contributed by atoms with E-state index in [4.69, 9.17) is 9.40 Å². The number of aromatic nitrogens is 3. The zero-order valence-electron chi connectivity index (χ0n) is 23.0. The molecular weight excluding hydrogens is 683 g/mol. The zero-order chi connectivity index (χ0) is 27.5. The molecule has 5 heteroatoms. The Hall–Kier alpha value is -4.44. The molecule has 3 aromatic carbocycles. The van der Waals surface area contributed by atoms with Crippen LogP contribution in [-0.4, -0.2) is 15.0 Å². The number of benzene rings is 3. The van der Waals surface area contributed by atoms with Crippen LogP contribution in [0.15, 0.2) is 114 Å². The molecule has 0 N–H and O–H groups in total. The summed E-state index contributed by atoms with van der Waals surface area (Å²) in [6, 6.07) is 40.5. The molecule has 0 saturated carbocycles. The first-order chi connectivity index (χ1) is 19.6. The molecule has 0 aliphatic heterocycles. The minimum Gasteiger partial charge on any atom is -0.486 e. The van der Waals surface area contributed by atoms with Crippen molar-refractivity contribution in [1.29, 1.82) is 0 Å². The van der Waals surface area contributed by atoms with Crippen LogP contribution in [0.4, 0.5) is 0 Å². The maximum atomic E-state index is 6.24. The number of aryl methyl sites for hydroxylation is 3. The van der Waals surface area contributed by atoms with Crippen molar-refractivity contribution >= 4 is 22.1 Å². The Kier molecular flexibility index (Phi) is 8.49. The Labute approximate surface area is 253 Å². The number of rotatable bonds is 3. The van der Waals surface area contributed by atoms with E-state index in [0.717, 1.165) is 55.8 Å². The number of pyridine rings is 3. The van der Waals surface area contributed by atoms with Crippen molar-refractivity contribution in [2.75, 3.05) is 0 Å². The molecule has 7 aromatic rings. The van der Waals surface area contributed by atoms with Gasteiger partial charge in [-0.2, -0.15) is 0 Å². The third-order valence-electron chi connectivity index (χ3n) is 6.83. The van der Waals surface area contributed by atoms with E-state index >= 15 is 0 Å². The minimum atomic E-state index is 0. The summed E-state index contributed by atoms with van der Waals surface area (Å²) in [5.74, 6) is 0. The summed E-state index contributed by atoms with van der Waals surface area (Å²) >= 11 is 0. The van der Waals surface area contributed by atoms with Crippen LogP contribution in [0.2, 0.25) is 0 Å². The maximum Gasteiger partial charge on any atom is 0.216 e. The molecule has 4 heterocycles. The van der Waals surface area contributed by atoms with Crippen molar-refractivity contribution in [3.63, 3.8) is 0 Å². The summed E-state index contributed by atoms with van der Waals surface area (Å²) in [5.41, 5.74) is 10.6. The van der Waals surface area contributed by atoms with E-state index in [1.165, 1.54) is 11.1 Å². The van der Waals surface area contributed by atoms with Crippen LogP contribution in [0.1, 0.15) is 16.8 Å². The minimum absolute atomic E-state index is 0. The van der Waals surface area contributed by atoms with E-state index < -0.39 is 0 Å². The molecule has 4 nitrogen and oxygen atoms in total. The number of nitrogens with zero attached hydrogens (tertiary/aromatic N) is 3. The first-order valence-electron chi connectivity index (χ1n) is 13.2. The molecule has 0 fully saturated rings. The fraction of sp³-hybridized carbons (Fsp3) is 0.0833. The van der Waals surface area contributed by atoms with Crippen LogP contribution in [0.5, 0.6) is 0 Å². The van der Waals surface area contributed by atoms with Gasteiger partial charge in [0.2, 0.25) is 5.71 Å². The first-order valence-corrected chi connectivity index (χ1v) is 13.2. The second-order valence-corrected chi connectivity index (χ2v) is 9.67. The standard InChI is InChI=1S/C25H19N2O.C11H8N.Ir/c1-15-7-4-8-16(2)23(15)22-14-13-19-18-10-6-11-20(24(18)28-25(19)27-22)21-12-5-9-17(3)26-21;1-2-6-10(7-3-1)11-8-4-5-9-12-11;/h4-10,12-14H,1-3H3;1-6,8-9H;/q2*-1;. The van der Waals surface area contributed by atoms with Crippen molar-refractivity contribution in [2.24, 2.45) is 0 Å². The largest absolute Gasteiger partial charge is 0.486 e. The van der Waals surface area contributed by atoms with Gasteiger partial charge in [0, 0.05) is 42.9 Å². The van der Waals surface area contributed by atoms with E-state index in [0.29, 0.717) is 5.71 Å². The van der Waals surface area contributed by atoms with E-state index in [1.807, 2.05) is 79.7 Å². The summed E-state index contributed by atoms with van der Waals surface area (Å²) in [5, 5.41) is 2.04. The zero-order valence-corrected chi connectivity index (χ0v) is 25.4. The number of hydrogen-bond acceptors (Lipinski definition) is 4. The van der Waals surface area contributed by atoms with Gasteiger partial charge in [-0.05, 0) is 67.6 Å². The Bertz CT molecular complexity index is 1870. The summed E-state index contributed by atoms with van der Waals surface area (Å²) in [6.07, 6.45) is 1.79. The molecule has 0 spiro atoms. The summed E-state index contributed by atoms with van der Waals surface area (Å²) in [7, 11) is 0. The van der Waals surface area contributed by atoms with Crippen molar-refractivity contribution < 1.29 is 24.5 Å². The molecular formula is C36H27IrN3O-2. The second-order valence-electron chi connectivity index (χ2n) is 9.67. The SMILES string of the molecule is Cc1cccc(-c2[c-]ccc3c2oc2nc(-c4c(C)cccc4C)ccc23)n1.[Ir].[c-]1ccccc1-c1ccccn1. The summed E-state index contributed by atoms with van der Waals surface area (Å²) < 4.78 is 6.24.